The molecule has 1 aliphatic heterocycles. The molecule has 1 aliphatic rings. The average Bonchev–Trinajstić information content (AvgIpc) is 2.63. The summed E-state index contributed by atoms with van der Waals surface area (Å²) >= 11 is 5.89. The fraction of sp³-hybridized carbons (Fsp3) is 0.625. The smallest absolute Gasteiger partial charge is 0.0474 e. The lowest BCUT2D eigenvalue weighted by Gasteiger charge is -2.25. The molecule has 1 unspecified atom stereocenters. The number of nitrogens with zero attached hydrogens (tertiary/aromatic N) is 1. The molecule has 2 rings (SSSR count). The van der Waals surface area contributed by atoms with E-state index in [-0.39, 0.29) is 0 Å². The Morgan fingerprint density at radius 2 is 2.11 bits per heavy atom. The SMILES string of the molecule is CCC1CCCN(c2ccc(CCl)cc2C)CC1. The van der Waals surface area contributed by atoms with Crippen molar-refractivity contribution < 1.29 is 0 Å². The fourth-order valence-corrected chi connectivity index (χ4v) is 3.14. The third kappa shape index (κ3) is 3.20. The molecule has 1 atom stereocenters. The predicted molar refractivity (Wildman–Crippen MR) is 80.6 cm³/mol. The van der Waals surface area contributed by atoms with E-state index in [9.17, 15) is 0 Å². The van der Waals surface area contributed by atoms with Crippen LogP contribution in [0.2, 0.25) is 0 Å². The van der Waals surface area contributed by atoms with E-state index < -0.39 is 0 Å². The van der Waals surface area contributed by atoms with Crippen LogP contribution in [0.4, 0.5) is 5.69 Å². The Kier molecular flexibility index (Phi) is 4.94. The van der Waals surface area contributed by atoms with Crippen molar-refractivity contribution in [1.82, 2.24) is 0 Å². The van der Waals surface area contributed by atoms with Crippen molar-refractivity contribution in [1.29, 1.82) is 0 Å². The summed E-state index contributed by atoms with van der Waals surface area (Å²) in [5.74, 6) is 1.54. The van der Waals surface area contributed by atoms with Crippen LogP contribution in [0.3, 0.4) is 0 Å². The minimum absolute atomic E-state index is 0.610. The lowest BCUT2D eigenvalue weighted by molar-refractivity contribution is 0.459. The maximum Gasteiger partial charge on any atom is 0.0474 e. The number of hydrogen-bond acceptors (Lipinski definition) is 1. The van der Waals surface area contributed by atoms with Gasteiger partial charge in [0.1, 0.15) is 0 Å². The topological polar surface area (TPSA) is 3.24 Å². The van der Waals surface area contributed by atoms with E-state index in [2.05, 4.69) is 36.9 Å². The third-order valence-electron chi connectivity index (χ3n) is 4.18. The van der Waals surface area contributed by atoms with Crippen molar-refractivity contribution >= 4 is 17.3 Å². The highest BCUT2D eigenvalue weighted by Gasteiger charge is 2.17. The summed E-state index contributed by atoms with van der Waals surface area (Å²) in [6.45, 7) is 6.94. The van der Waals surface area contributed by atoms with Gasteiger partial charge in [0.2, 0.25) is 0 Å². The lowest BCUT2D eigenvalue weighted by atomic mass is 9.98. The maximum atomic E-state index is 5.89. The summed E-state index contributed by atoms with van der Waals surface area (Å²) in [7, 11) is 0. The van der Waals surface area contributed by atoms with E-state index in [1.165, 1.54) is 55.6 Å². The molecule has 0 bridgehead atoms. The number of aryl methyl sites for hydroxylation is 1. The first-order valence-corrected chi connectivity index (χ1v) is 7.68. The van der Waals surface area contributed by atoms with E-state index in [4.69, 9.17) is 11.6 Å². The van der Waals surface area contributed by atoms with Gasteiger partial charge in [0.15, 0.2) is 0 Å². The molecule has 0 aliphatic carbocycles. The van der Waals surface area contributed by atoms with Crippen LogP contribution in [0.15, 0.2) is 18.2 Å². The zero-order valence-electron chi connectivity index (χ0n) is 11.6. The molecular weight excluding hydrogens is 242 g/mol. The zero-order chi connectivity index (χ0) is 13.0. The second-order valence-corrected chi connectivity index (χ2v) is 5.71. The molecule has 0 spiro atoms. The van der Waals surface area contributed by atoms with Gasteiger partial charge >= 0.3 is 0 Å². The van der Waals surface area contributed by atoms with Crippen molar-refractivity contribution in [3.63, 3.8) is 0 Å². The van der Waals surface area contributed by atoms with E-state index >= 15 is 0 Å². The number of hydrogen-bond donors (Lipinski definition) is 0. The van der Waals surface area contributed by atoms with Gasteiger partial charge in [-0.1, -0.05) is 25.5 Å². The van der Waals surface area contributed by atoms with Gasteiger partial charge in [-0.3, -0.25) is 0 Å². The van der Waals surface area contributed by atoms with Crippen LogP contribution in [-0.2, 0) is 5.88 Å². The van der Waals surface area contributed by atoms with E-state index in [1.807, 2.05) is 0 Å². The van der Waals surface area contributed by atoms with Crippen LogP contribution in [0.5, 0.6) is 0 Å². The molecule has 18 heavy (non-hydrogen) atoms. The molecule has 1 aromatic carbocycles. The molecule has 0 radical (unpaired) electrons. The minimum Gasteiger partial charge on any atom is -0.371 e. The average molecular weight is 266 g/mol. The van der Waals surface area contributed by atoms with Gasteiger partial charge in [-0.15, -0.1) is 11.6 Å². The van der Waals surface area contributed by atoms with Crippen LogP contribution in [0, 0.1) is 12.8 Å². The molecule has 0 aromatic heterocycles. The van der Waals surface area contributed by atoms with Crippen LogP contribution in [0.25, 0.3) is 0 Å². The first-order valence-electron chi connectivity index (χ1n) is 7.15. The number of benzene rings is 1. The van der Waals surface area contributed by atoms with Crippen LogP contribution in [0.1, 0.15) is 43.7 Å². The molecule has 1 aromatic rings. The van der Waals surface area contributed by atoms with E-state index in [0.29, 0.717) is 5.88 Å². The molecule has 1 fully saturated rings. The normalized spacial score (nSPS) is 20.8. The molecule has 100 valence electrons. The van der Waals surface area contributed by atoms with Gasteiger partial charge < -0.3 is 4.90 Å². The fourth-order valence-electron chi connectivity index (χ4n) is 2.97. The number of rotatable bonds is 3. The maximum absolute atomic E-state index is 5.89. The monoisotopic (exact) mass is 265 g/mol. The van der Waals surface area contributed by atoms with Gasteiger partial charge in [-0.2, -0.15) is 0 Å². The zero-order valence-corrected chi connectivity index (χ0v) is 12.3. The Morgan fingerprint density at radius 1 is 1.28 bits per heavy atom. The summed E-state index contributed by atoms with van der Waals surface area (Å²) in [4.78, 5) is 2.56. The van der Waals surface area contributed by atoms with Crippen molar-refractivity contribution in [2.24, 2.45) is 5.92 Å². The van der Waals surface area contributed by atoms with Crippen molar-refractivity contribution in [3.05, 3.63) is 29.3 Å². The first kappa shape index (κ1) is 13.7. The molecule has 0 N–H and O–H groups in total. The van der Waals surface area contributed by atoms with Gasteiger partial charge in [0, 0.05) is 24.7 Å². The van der Waals surface area contributed by atoms with Gasteiger partial charge in [0.25, 0.3) is 0 Å². The number of halogens is 1. The summed E-state index contributed by atoms with van der Waals surface area (Å²) < 4.78 is 0. The summed E-state index contributed by atoms with van der Waals surface area (Å²) in [6, 6.07) is 6.64. The van der Waals surface area contributed by atoms with Crippen molar-refractivity contribution in [2.45, 2.75) is 45.4 Å². The molecule has 0 saturated carbocycles. The molecule has 0 amide bonds. The third-order valence-corrected chi connectivity index (χ3v) is 4.49. The largest absolute Gasteiger partial charge is 0.371 e. The Labute approximate surface area is 116 Å². The van der Waals surface area contributed by atoms with Crippen LogP contribution in [-0.4, -0.2) is 13.1 Å². The van der Waals surface area contributed by atoms with Gasteiger partial charge in [-0.25, -0.2) is 0 Å². The van der Waals surface area contributed by atoms with Crippen LogP contribution >= 0.6 is 11.6 Å². The predicted octanol–water partition coefficient (Wildman–Crippen LogP) is 4.75. The second kappa shape index (κ2) is 6.47. The molecular formula is C16H24ClN. The van der Waals surface area contributed by atoms with Crippen LogP contribution < -0.4 is 4.90 Å². The Bertz CT molecular complexity index is 389. The Morgan fingerprint density at radius 3 is 2.78 bits per heavy atom. The minimum atomic E-state index is 0.610. The van der Waals surface area contributed by atoms with Gasteiger partial charge in [-0.05, 0) is 49.3 Å². The van der Waals surface area contributed by atoms with Crippen molar-refractivity contribution in [3.8, 4) is 0 Å². The highest BCUT2D eigenvalue weighted by molar-refractivity contribution is 6.17. The molecule has 1 heterocycles. The first-order chi connectivity index (χ1) is 8.74. The summed E-state index contributed by atoms with van der Waals surface area (Å²) in [5.41, 5.74) is 3.99. The highest BCUT2D eigenvalue weighted by Crippen LogP contribution is 2.27. The number of anilines is 1. The second-order valence-electron chi connectivity index (χ2n) is 5.45. The van der Waals surface area contributed by atoms with E-state index in [1.54, 1.807) is 0 Å². The van der Waals surface area contributed by atoms with Crippen molar-refractivity contribution in [2.75, 3.05) is 18.0 Å². The Hall–Kier alpha value is -0.690. The van der Waals surface area contributed by atoms with Gasteiger partial charge in [0.05, 0.1) is 0 Å². The standard InChI is InChI=1S/C16H24ClN/c1-3-14-5-4-9-18(10-8-14)16-7-6-15(12-17)11-13(16)2/h6-7,11,14H,3-5,8-10,12H2,1-2H3. The highest BCUT2D eigenvalue weighted by atomic mass is 35.5. The molecule has 2 heteroatoms. The Balaban J connectivity index is 2.11. The lowest BCUT2D eigenvalue weighted by Crippen LogP contribution is -2.25. The molecule has 1 saturated heterocycles. The van der Waals surface area contributed by atoms with E-state index in [0.717, 1.165) is 5.92 Å². The quantitative estimate of drug-likeness (QED) is 0.713. The number of alkyl halides is 1. The summed E-state index contributed by atoms with van der Waals surface area (Å²) in [6.07, 6.45) is 5.40. The molecule has 1 nitrogen and oxygen atoms in total. The summed E-state index contributed by atoms with van der Waals surface area (Å²) in [5, 5.41) is 0.